The Morgan fingerprint density at radius 1 is 1.07 bits per heavy atom. The van der Waals surface area contributed by atoms with Crippen LogP contribution in [0.2, 0.25) is 0 Å². The molecule has 2 fully saturated rings. The van der Waals surface area contributed by atoms with Gasteiger partial charge in [0.05, 0.1) is 18.0 Å². The Hall–Kier alpha value is -2.82. The molecule has 3 heterocycles. The van der Waals surface area contributed by atoms with Crippen LogP contribution in [0.5, 0.6) is 0 Å². The number of hydrogen-bond donors (Lipinski definition) is 1. The number of likely N-dealkylation sites (tertiary alicyclic amines) is 1. The van der Waals surface area contributed by atoms with Crippen molar-refractivity contribution in [2.75, 3.05) is 13.1 Å². The van der Waals surface area contributed by atoms with Gasteiger partial charge in [-0.15, -0.1) is 0 Å². The molecule has 3 unspecified atom stereocenters. The van der Waals surface area contributed by atoms with Crippen LogP contribution in [0.15, 0.2) is 54.6 Å². The van der Waals surface area contributed by atoms with Crippen molar-refractivity contribution in [2.45, 2.75) is 50.7 Å². The zero-order chi connectivity index (χ0) is 20.7. The second kappa shape index (κ2) is 7.78. The van der Waals surface area contributed by atoms with E-state index in [1.807, 2.05) is 42.2 Å². The number of carbonyl (C=O) groups is 2. The number of benzene rings is 2. The number of rotatable bonds is 2. The summed E-state index contributed by atoms with van der Waals surface area (Å²) in [7, 11) is 0. The van der Waals surface area contributed by atoms with Gasteiger partial charge in [0.1, 0.15) is 0 Å². The van der Waals surface area contributed by atoms with Crippen LogP contribution in [-0.4, -0.2) is 40.9 Å². The van der Waals surface area contributed by atoms with E-state index in [9.17, 15) is 9.59 Å². The molecule has 0 aliphatic carbocycles. The highest BCUT2D eigenvalue weighted by Crippen LogP contribution is 2.43. The molecule has 30 heavy (non-hydrogen) atoms. The van der Waals surface area contributed by atoms with Crippen molar-refractivity contribution in [1.82, 2.24) is 15.1 Å². The van der Waals surface area contributed by atoms with E-state index < -0.39 is 0 Å². The zero-order valence-corrected chi connectivity index (χ0v) is 17.5. The molecule has 156 valence electrons. The van der Waals surface area contributed by atoms with Crippen LogP contribution in [0.25, 0.3) is 0 Å². The topological polar surface area (TPSA) is 52.7 Å². The number of nitrogens with zero attached hydrogens (tertiary/aromatic N) is 2. The van der Waals surface area contributed by atoms with E-state index in [-0.39, 0.29) is 36.0 Å². The van der Waals surface area contributed by atoms with Crippen LogP contribution < -0.4 is 5.32 Å². The molecule has 3 aliphatic rings. The largest absolute Gasteiger partial charge is 0.335 e. The lowest BCUT2D eigenvalue weighted by atomic mass is 9.76. The number of carbonyl (C=O) groups excluding carboxylic acids is 2. The highest BCUT2D eigenvalue weighted by Gasteiger charge is 2.48. The molecular formula is C25H29N3O2. The molecule has 3 amide bonds. The summed E-state index contributed by atoms with van der Waals surface area (Å²) in [5.74, 6) is 0.164. The van der Waals surface area contributed by atoms with Crippen molar-refractivity contribution in [1.29, 1.82) is 0 Å². The average Bonchev–Trinajstić information content (AvgIpc) is 2.79. The first kappa shape index (κ1) is 19.2. The smallest absolute Gasteiger partial charge is 0.318 e. The fraction of sp³-hybridized carbons (Fsp3) is 0.440. The van der Waals surface area contributed by atoms with Gasteiger partial charge < -0.3 is 15.1 Å². The van der Waals surface area contributed by atoms with E-state index in [0.29, 0.717) is 0 Å². The Morgan fingerprint density at radius 3 is 2.67 bits per heavy atom. The summed E-state index contributed by atoms with van der Waals surface area (Å²) in [6, 6.07) is 18.4. The van der Waals surface area contributed by atoms with E-state index in [4.69, 9.17) is 0 Å². The molecule has 2 aromatic rings. The maximum atomic E-state index is 13.4. The highest BCUT2D eigenvalue weighted by molar-refractivity contribution is 5.83. The van der Waals surface area contributed by atoms with E-state index in [1.165, 1.54) is 11.1 Å². The predicted molar refractivity (Wildman–Crippen MR) is 116 cm³/mol. The number of amides is 3. The SMILES string of the molecule is C[C@@H](NC(=O)N1CCCC2C(=O)N3CCc4ccccc4C3CC21)c1ccccc1. The van der Waals surface area contributed by atoms with Gasteiger partial charge in [0, 0.05) is 19.1 Å². The summed E-state index contributed by atoms with van der Waals surface area (Å²) in [6.45, 7) is 3.52. The van der Waals surface area contributed by atoms with Gasteiger partial charge in [-0.2, -0.15) is 0 Å². The van der Waals surface area contributed by atoms with E-state index in [2.05, 4.69) is 34.5 Å². The highest BCUT2D eigenvalue weighted by atomic mass is 16.2. The molecule has 5 rings (SSSR count). The van der Waals surface area contributed by atoms with Crippen molar-refractivity contribution < 1.29 is 9.59 Å². The number of piperidine rings is 2. The second-order valence-electron chi connectivity index (χ2n) is 8.82. The van der Waals surface area contributed by atoms with Gasteiger partial charge in [-0.05, 0) is 49.3 Å². The van der Waals surface area contributed by atoms with Gasteiger partial charge >= 0.3 is 6.03 Å². The minimum absolute atomic E-state index is 0.0263. The summed E-state index contributed by atoms with van der Waals surface area (Å²) in [5.41, 5.74) is 3.69. The van der Waals surface area contributed by atoms with Crippen LogP contribution >= 0.6 is 0 Å². The Morgan fingerprint density at radius 2 is 1.83 bits per heavy atom. The molecule has 0 bridgehead atoms. The lowest BCUT2D eigenvalue weighted by molar-refractivity contribution is -0.148. The first-order valence-electron chi connectivity index (χ1n) is 11.1. The summed E-state index contributed by atoms with van der Waals surface area (Å²) in [4.78, 5) is 30.6. The third-order valence-electron chi connectivity index (χ3n) is 7.16. The van der Waals surface area contributed by atoms with Crippen molar-refractivity contribution in [3.63, 3.8) is 0 Å². The third-order valence-corrected chi connectivity index (χ3v) is 7.16. The first-order valence-corrected chi connectivity index (χ1v) is 11.1. The van der Waals surface area contributed by atoms with Gasteiger partial charge in [-0.1, -0.05) is 54.6 Å². The summed E-state index contributed by atoms with van der Waals surface area (Å²) in [5, 5.41) is 3.17. The third kappa shape index (κ3) is 3.26. The second-order valence-corrected chi connectivity index (χ2v) is 8.82. The molecule has 4 atom stereocenters. The maximum Gasteiger partial charge on any atom is 0.318 e. The predicted octanol–water partition coefficient (Wildman–Crippen LogP) is 4.07. The van der Waals surface area contributed by atoms with Crippen molar-refractivity contribution >= 4 is 11.9 Å². The maximum absolute atomic E-state index is 13.4. The van der Waals surface area contributed by atoms with Crippen LogP contribution in [-0.2, 0) is 11.2 Å². The summed E-state index contributed by atoms with van der Waals surface area (Å²) < 4.78 is 0. The molecule has 2 aromatic carbocycles. The van der Waals surface area contributed by atoms with Crippen LogP contribution in [0.3, 0.4) is 0 Å². The molecule has 0 aromatic heterocycles. The Kier molecular flexibility index (Phi) is 4.97. The fourth-order valence-electron chi connectivity index (χ4n) is 5.59. The summed E-state index contributed by atoms with van der Waals surface area (Å²) >= 11 is 0. The summed E-state index contributed by atoms with van der Waals surface area (Å²) in [6.07, 6.45) is 3.52. The molecule has 5 nitrogen and oxygen atoms in total. The van der Waals surface area contributed by atoms with Crippen molar-refractivity contribution in [3.8, 4) is 0 Å². The Balaban J connectivity index is 1.38. The van der Waals surface area contributed by atoms with Gasteiger partial charge in [-0.25, -0.2) is 4.79 Å². The fourth-order valence-corrected chi connectivity index (χ4v) is 5.59. The molecule has 1 N–H and O–H groups in total. The van der Waals surface area contributed by atoms with Crippen LogP contribution in [0, 0.1) is 5.92 Å². The molecule has 0 radical (unpaired) electrons. The Labute approximate surface area is 178 Å². The van der Waals surface area contributed by atoms with Crippen molar-refractivity contribution in [2.24, 2.45) is 5.92 Å². The lowest BCUT2D eigenvalue weighted by Crippen LogP contribution is -2.61. The number of hydrogen-bond acceptors (Lipinski definition) is 2. The van der Waals surface area contributed by atoms with E-state index in [1.54, 1.807) is 0 Å². The minimum Gasteiger partial charge on any atom is -0.335 e. The van der Waals surface area contributed by atoms with Gasteiger partial charge in [0.2, 0.25) is 5.91 Å². The van der Waals surface area contributed by atoms with Crippen molar-refractivity contribution in [3.05, 3.63) is 71.3 Å². The molecule has 3 aliphatic heterocycles. The molecule has 5 heteroatoms. The molecular weight excluding hydrogens is 374 g/mol. The zero-order valence-electron chi connectivity index (χ0n) is 17.5. The van der Waals surface area contributed by atoms with Crippen LogP contribution in [0.4, 0.5) is 4.79 Å². The molecule has 0 saturated carbocycles. The Bertz CT molecular complexity index is 944. The lowest BCUT2D eigenvalue weighted by Gasteiger charge is -2.51. The molecule has 2 saturated heterocycles. The standard InChI is InChI=1S/C25H29N3O2/c1-17(18-8-3-2-4-9-18)26-25(30)28-14-7-12-21-23(28)16-22-20-11-6-5-10-19(20)13-15-27(22)24(21)29/h2-6,8-11,17,21-23H,7,12-16H2,1H3,(H,26,30)/t17-,21?,22?,23?/m1/s1. The number of urea groups is 1. The van der Waals surface area contributed by atoms with Gasteiger partial charge in [0.25, 0.3) is 0 Å². The normalized spacial score (nSPS) is 26.3. The minimum atomic E-state index is -0.0713. The molecule has 0 spiro atoms. The van der Waals surface area contributed by atoms with Gasteiger partial charge in [-0.3, -0.25) is 4.79 Å². The quantitative estimate of drug-likeness (QED) is 0.822. The van der Waals surface area contributed by atoms with E-state index in [0.717, 1.165) is 44.3 Å². The average molecular weight is 404 g/mol. The first-order chi connectivity index (χ1) is 14.6. The number of nitrogens with one attached hydrogen (secondary N) is 1. The van der Waals surface area contributed by atoms with Crippen LogP contribution in [0.1, 0.15) is 55.0 Å². The number of fused-ring (bicyclic) bond motifs is 4. The van der Waals surface area contributed by atoms with E-state index >= 15 is 0 Å². The monoisotopic (exact) mass is 403 g/mol. The van der Waals surface area contributed by atoms with Gasteiger partial charge in [0.15, 0.2) is 0 Å².